The Morgan fingerprint density at radius 3 is 2.71 bits per heavy atom. The minimum Gasteiger partial charge on any atom is -0.310 e. The zero-order valence-corrected chi connectivity index (χ0v) is 9.74. The summed E-state index contributed by atoms with van der Waals surface area (Å²) in [6.07, 6.45) is 5.32. The van der Waals surface area contributed by atoms with E-state index in [2.05, 4.69) is 15.3 Å². The number of amides is 1. The van der Waals surface area contributed by atoms with Crippen molar-refractivity contribution in [3.05, 3.63) is 29.7 Å². The Morgan fingerprint density at radius 1 is 1.24 bits per heavy atom. The van der Waals surface area contributed by atoms with Gasteiger partial charge in [-0.1, -0.05) is 11.6 Å². The molecule has 0 saturated heterocycles. The summed E-state index contributed by atoms with van der Waals surface area (Å²) in [7, 11) is 0. The summed E-state index contributed by atoms with van der Waals surface area (Å²) in [5, 5.41) is 5.06. The molecule has 0 spiro atoms. The van der Waals surface area contributed by atoms with E-state index < -0.39 is 0 Å². The quantitative estimate of drug-likeness (QED) is 0.830. The first kappa shape index (κ1) is 10.5. The van der Waals surface area contributed by atoms with Gasteiger partial charge in [-0.3, -0.25) is 4.79 Å². The highest BCUT2D eigenvalue weighted by Crippen LogP contribution is 2.30. The van der Waals surface area contributed by atoms with Crippen LogP contribution in [0.25, 0.3) is 10.8 Å². The van der Waals surface area contributed by atoms with Crippen LogP contribution in [0, 0.1) is 5.92 Å². The smallest absolute Gasteiger partial charge is 0.228 e. The van der Waals surface area contributed by atoms with E-state index in [-0.39, 0.29) is 11.8 Å². The molecule has 1 aliphatic carbocycles. The molecule has 3 rings (SSSR count). The summed E-state index contributed by atoms with van der Waals surface area (Å²) in [6, 6.07) is 3.55. The number of fused-ring (bicyclic) bond motifs is 1. The third-order valence-corrected chi connectivity index (χ3v) is 2.98. The van der Waals surface area contributed by atoms with Crippen molar-refractivity contribution < 1.29 is 4.79 Å². The number of hydrogen-bond acceptors (Lipinski definition) is 3. The second-order valence-corrected chi connectivity index (χ2v) is 4.57. The Labute approximate surface area is 103 Å². The Hall–Kier alpha value is -1.68. The highest BCUT2D eigenvalue weighted by molar-refractivity contribution is 6.30. The predicted octanol–water partition coefficient (Wildman–Crippen LogP) is 2.63. The van der Waals surface area contributed by atoms with Crippen LogP contribution in [0.5, 0.6) is 0 Å². The van der Waals surface area contributed by atoms with Gasteiger partial charge in [-0.25, -0.2) is 9.97 Å². The van der Waals surface area contributed by atoms with Gasteiger partial charge in [0, 0.05) is 29.1 Å². The maximum atomic E-state index is 11.6. The van der Waals surface area contributed by atoms with Crippen molar-refractivity contribution in [3.63, 3.8) is 0 Å². The monoisotopic (exact) mass is 247 g/mol. The normalized spacial score (nSPS) is 14.9. The summed E-state index contributed by atoms with van der Waals surface area (Å²) in [5.74, 6) is 0.799. The molecule has 0 bridgehead atoms. The summed E-state index contributed by atoms with van der Waals surface area (Å²) in [6.45, 7) is 0. The van der Waals surface area contributed by atoms with Gasteiger partial charge in [0.05, 0.1) is 0 Å². The van der Waals surface area contributed by atoms with E-state index in [9.17, 15) is 4.79 Å². The number of rotatable bonds is 2. The summed E-state index contributed by atoms with van der Waals surface area (Å²) >= 11 is 5.78. The standard InChI is InChI=1S/C12H10ClN3O/c13-10-3-8-6-15-11(4-9(8)5-14-10)16-12(17)7-1-2-7/h3-7H,1-2H2,(H,15,16,17). The number of halogens is 1. The molecular formula is C12H10ClN3O. The average molecular weight is 248 g/mol. The van der Waals surface area contributed by atoms with Gasteiger partial charge in [-0.05, 0) is 25.0 Å². The molecule has 1 fully saturated rings. The Bertz CT molecular complexity index is 595. The number of pyridine rings is 2. The molecule has 2 aromatic rings. The van der Waals surface area contributed by atoms with Crippen molar-refractivity contribution in [3.8, 4) is 0 Å². The number of hydrogen-bond donors (Lipinski definition) is 1. The summed E-state index contributed by atoms with van der Waals surface area (Å²) in [4.78, 5) is 19.8. The number of nitrogens with one attached hydrogen (secondary N) is 1. The van der Waals surface area contributed by atoms with Crippen LogP contribution in [0.15, 0.2) is 24.5 Å². The lowest BCUT2D eigenvalue weighted by molar-refractivity contribution is -0.117. The summed E-state index contributed by atoms with van der Waals surface area (Å²) in [5.41, 5.74) is 0. The van der Waals surface area contributed by atoms with Crippen LogP contribution >= 0.6 is 11.6 Å². The highest BCUT2D eigenvalue weighted by Gasteiger charge is 2.29. The van der Waals surface area contributed by atoms with Crippen molar-refractivity contribution in [2.75, 3.05) is 5.32 Å². The molecule has 0 atom stereocenters. The van der Waals surface area contributed by atoms with Crippen molar-refractivity contribution >= 4 is 34.1 Å². The molecule has 17 heavy (non-hydrogen) atoms. The fourth-order valence-electron chi connectivity index (χ4n) is 1.65. The predicted molar refractivity (Wildman–Crippen MR) is 65.9 cm³/mol. The van der Waals surface area contributed by atoms with Gasteiger partial charge in [0.2, 0.25) is 5.91 Å². The van der Waals surface area contributed by atoms with Crippen molar-refractivity contribution in [1.29, 1.82) is 0 Å². The molecular weight excluding hydrogens is 238 g/mol. The van der Waals surface area contributed by atoms with Gasteiger partial charge in [0.15, 0.2) is 0 Å². The zero-order valence-electron chi connectivity index (χ0n) is 8.98. The molecule has 4 nitrogen and oxygen atoms in total. The Morgan fingerprint density at radius 2 is 1.94 bits per heavy atom. The third kappa shape index (κ3) is 2.22. The minimum atomic E-state index is 0.0544. The lowest BCUT2D eigenvalue weighted by atomic mass is 10.2. The number of nitrogens with zero attached hydrogens (tertiary/aromatic N) is 2. The largest absolute Gasteiger partial charge is 0.310 e. The fourth-order valence-corrected chi connectivity index (χ4v) is 1.82. The number of aromatic nitrogens is 2. The first-order chi connectivity index (χ1) is 8.22. The van der Waals surface area contributed by atoms with Crippen molar-refractivity contribution in [1.82, 2.24) is 9.97 Å². The van der Waals surface area contributed by atoms with E-state index in [1.165, 1.54) is 0 Å². The number of carbonyl (C=O) groups excluding carboxylic acids is 1. The molecule has 1 amide bonds. The fraction of sp³-hybridized carbons (Fsp3) is 0.250. The van der Waals surface area contributed by atoms with Crippen molar-refractivity contribution in [2.24, 2.45) is 5.92 Å². The average Bonchev–Trinajstić information content (AvgIpc) is 3.13. The van der Waals surface area contributed by atoms with Gasteiger partial charge in [-0.2, -0.15) is 0 Å². The summed E-state index contributed by atoms with van der Waals surface area (Å²) < 4.78 is 0. The van der Waals surface area contributed by atoms with Gasteiger partial charge in [-0.15, -0.1) is 0 Å². The van der Waals surface area contributed by atoms with Crippen LogP contribution in [0.2, 0.25) is 5.15 Å². The number of anilines is 1. The molecule has 1 aliphatic rings. The van der Waals surface area contributed by atoms with Crippen LogP contribution in [-0.4, -0.2) is 15.9 Å². The molecule has 86 valence electrons. The first-order valence-corrected chi connectivity index (χ1v) is 5.82. The van der Waals surface area contributed by atoms with E-state index in [1.54, 1.807) is 24.5 Å². The molecule has 0 aliphatic heterocycles. The first-order valence-electron chi connectivity index (χ1n) is 5.44. The highest BCUT2D eigenvalue weighted by atomic mass is 35.5. The van der Waals surface area contributed by atoms with E-state index in [1.807, 2.05) is 0 Å². The molecule has 1 N–H and O–H groups in total. The second-order valence-electron chi connectivity index (χ2n) is 4.19. The number of carbonyl (C=O) groups is 1. The maximum Gasteiger partial charge on any atom is 0.228 e. The maximum absolute atomic E-state index is 11.6. The molecule has 5 heteroatoms. The molecule has 1 saturated carbocycles. The van der Waals surface area contributed by atoms with Crippen LogP contribution in [-0.2, 0) is 4.79 Å². The Balaban J connectivity index is 1.90. The van der Waals surface area contributed by atoms with Gasteiger partial charge in [0.1, 0.15) is 11.0 Å². The third-order valence-electron chi connectivity index (χ3n) is 2.77. The van der Waals surface area contributed by atoms with E-state index in [0.29, 0.717) is 11.0 Å². The molecule has 0 aromatic carbocycles. The molecule has 0 radical (unpaired) electrons. The van der Waals surface area contributed by atoms with Gasteiger partial charge >= 0.3 is 0 Å². The lowest BCUT2D eigenvalue weighted by Gasteiger charge is -2.04. The van der Waals surface area contributed by atoms with E-state index in [4.69, 9.17) is 11.6 Å². The topological polar surface area (TPSA) is 54.9 Å². The van der Waals surface area contributed by atoms with Crippen LogP contribution in [0.4, 0.5) is 5.82 Å². The minimum absolute atomic E-state index is 0.0544. The van der Waals surface area contributed by atoms with Crippen LogP contribution in [0.3, 0.4) is 0 Å². The second kappa shape index (κ2) is 3.96. The van der Waals surface area contributed by atoms with Crippen LogP contribution in [0.1, 0.15) is 12.8 Å². The molecule has 2 aromatic heterocycles. The van der Waals surface area contributed by atoms with Gasteiger partial charge < -0.3 is 5.32 Å². The van der Waals surface area contributed by atoms with Gasteiger partial charge in [0.25, 0.3) is 0 Å². The SMILES string of the molecule is O=C(Nc1cc2cnc(Cl)cc2cn1)C1CC1. The zero-order chi connectivity index (χ0) is 11.8. The van der Waals surface area contributed by atoms with Crippen LogP contribution < -0.4 is 5.32 Å². The lowest BCUT2D eigenvalue weighted by Crippen LogP contribution is -2.14. The van der Waals surface area contributed by atoms with Crippen molar-refractivity contribution in [2.45, 2.75) is 12.8 Å². The Kier molecular flexibility index (Phi) is 2.44. The van der Waals surface area contributed by atoms with E-state index >= 15 is 0 Å². The van der Waals surface area contributed by atoms with E-state index in [0.717, 1.165) is 23.6 Å². The molecule has 0 unspecified atom stereocenters. The molecule has 2 heterocycles.